The number of rotatable bonds is 6. The predicted molar refractivity (Wildman–Crippen MR) is 81.7 cm³/mol. The third-order valence-electron chi connectivity index (χ3n) is 3.91. The Hall–Kier alpha value is -1.80. The van der Waals surface area contributed by atoms with Gasteiger partial charge in [0.2, 0.25) is 0 Å². The fraction of sp³-hybridized carbons (Fsp3) is 0.333. The van der Waals surface area contributed by atoms with Crippen molar-refractivity contribution in [2.75, 3.05) is 7.11 Å². The van der Waals surface area contributed by atoms with E-state index < -0.39 is 0 Å². The Kier molecular flexibility index (Phi) is 4.03. The van der Waals surface area contributed by atoms with E-state index >= 15 is 0 Å². The summed E-state index contributed by atoms with van der Waals surface area (Å²) in [6.07, 6.45) is 2.68. The van der Waals surface area contributed by atoms with Crippen LogP contribution in [0.15, 0.2) is 54.6 Å². The third kappa shape index (κ3) is 3.20. The molecule has 0 radical (unpaired) electrons. The molecule has 0 bridgehead atoms. The monoisotopic (exact) mass is 267 g/mol. The first-order valence-corrected chi connectivity index (χ1v) is 7.28. The van der Waals surface area contributed by atoms with E-state index in [0.29, 0.717) is 6.04 Å². The highest BCUT2D eigenvalue weighted by Gasteiger charge is 2.31. The number of hydrogen-bond donors (Lipinski definition) is 1. The van der Waals surface area contributed by atoms with Crippen LogP contribution in [0.2, 0.25) is 0 Å². The van der Waals surface area contributed by atoms with Gasteiger partial charge in [-0.25, -0.2) is 0 Å². The molecule has 0 aromatic heterocycles. The van der Waals surface area contributed by atoms with Crippen molar-refractivity contribution in [3.8, 4) is 5.75 Å². The van der Waals surface area contributed by atoms with Crippen LogP contribution in [0.25, 0.3) is 0 Å². The molecule has 3 rings (SSSR count). The third-order valence-corrected chi connectivity index (χ3v) is 3.91. The summed E-state index contributed by atoms with van der Waals surface area (Å²) in [7, 11) is 1.71. The summed E-state index contributed by atoms with van der Waals surface area (Å²) in [6, 6.07) is 19.5. The molecule has 1 unspecified atom stereocenters. The predicted octanol–water partition coefficient (Wildman–Crippen LogP) is 3.94. The van der Waals surface area contributed by atoms with Gasteiger partial charge in [0, 0.05) is 12.6 Å². The molecule has 1 saturated carbocycles. The van der Waals surface area contributed by atoms with Crippen LogP contribution in [0.4, 0.5) is 0 Å². The number of nitrogens with one attached hydrogen (secondary N) is 1. The Morgan fingerprint density at radius 1 is 1.10 bits per heavy atom. The van der Waals surface area contributed by atoms with Crippen LogP contribution in [-0.4, -0.2) is 7.11 Å². The number of hydrogen-bond acceptors (Lipinski definition) is 2. The fourth-order valence-electron chi connectivity index (χ4n) is 2.66. The fourth-order valence-corrected chi connectivity index (χ4v) is 2.66. The smallest absolute Gasteiger partial charge is 0.119 e. The minimum absolute atomic E-state index is 0.474. The number of ether oxygens (including phenoxy) is 1. The average Bonchev–Trinajstić information content (AvgIpc) is 3.34. The van der Waals surface area contributed by atoms with Gasteiger partial charge in [-0.15, -0.1) is 0 Å². The molecular weight excluding hydrogens is 246 g/mol. The zero-order valence-corrected chi connectivity index (χ0v) is 11.9. The lowest BCUT2D eigenvalue weighted by Crippen LogP contribution is -2.22. The summed E-state index contributed by atoms with van der Waals surface area (Å²) in [6.45, 7) is 0.882. The Morgan fingerprint density at radius 2 is 1.90 bits per heavy atom. The quantitative estimate of drug-likeness (QED) is 0.856. The van der Waals surface area contributed by atoms with Gasteiger partial charge < -0.3 is 10.1 Å². The van der Waals surface area contributed by atoms with Gasteiger partial charge in [0.1, 0.15) is 5.75 Å². The molecule has 0 spiro atoms. The lowest BCUT2D eigenvalue weighted by molar-refractivity contribution is 0.413. The first-order chi connectivity index (χ1) is 9.86. The lowest BCUT2D eigenvalue weighted by Gasteiger charge is -2.19. The SMILES string of the molecule is COc1cccc(CNC(c2ccccc2)C2CC2)c1. The molecule has 0 saturated heterocycles. The molecule has 2 aromatic rings. The minimum atomic E-state index is 0.474. The highest BCUT2D eigenvalue weighted by Crippen LogP contribution is 2.41. The van der Waals surface area contributed by atoms with E-state index in [9.17, 15) is 0 Å². The minimum Gasteiger partial charge on any atom is -0.497 e. The summed E-state index contributed by atoms with van der Waals surface area (Å²) in [5, 5.41) is 3.71. The van der Waals surface area contributed by atoms with Crippen LogP contribution in [0.5, 0.6) is 5.75 Å². The van der Waals surface area contributed by atoms with Gasteiger partial charge in [0.15, 0.2) is 0 Å². The summed E-state index contributed by atoms with van der Waals surface area (Å²) < 4.78 is 5.28. The molecule has 0 aliphatic heterocycles. The first-order valence-electron chi connectivity index (χ1n) is 7.28. The molecule has 0 amide bonds. The number of methoxy groups -OCH3 is 1. The number of benzene rings is 2. The molecule has 20 heavy (non-hydrogen) atoms. The topological polar surface area (TPSA) is 21.3 Å². The molecule has 1 aliphatic carbocycles. The van der Waals surface area contributed by atoms with Crippen LogP contribution in [0.3, 0.4) is 0 Å². The van der Waals surface area contributed by atoms with Crippen molar-refractivity contribution in [1.82, 2.24) is 5.32 Å². The van der Waals surface area contributed by atoms with Crippen LogP contribution in [0, 0.1) is 5.92 Å². The maximum atomic E-state index is 5.28. The molecule has 1 atom stereocenters. The van der Waals surface area contributed by atoms with Crippen LogP contribution in [-0.2, 0) is 6.54 Å². The van der Waals surface area contributed by atoms with Crippen molar-refractivity contribution in [2.45, 2.75) is 25.4 Å². The average molecular weight is 267 g/mol. The second-order valence-corrected chi connectivity index (χ2v) is 5.46. The Balaban J connectivity index is 1.68. The zero-order valence-electron chi connectivity index (χ0n) is 11.9. The summed E-state index contributed by atoms with van der Waals surface area (Å²) in [5.41, 5.74) is 2.67. The van der Waals surface area contributed by atoms with Crippen LogP contribution in [0.1, 0.15) is 30.0 Å². The van der Waals surface area contributed by atoms with Gasteiger partial charge in [-0.05, 0) is 42.0 Å². The van der Waals surface area contributed by atoms with Gasteiger partial charge in [0.25, 0.3) is 0 Å². The van der Waals surface area contributed by atoms with Crippen molar-refractivity contribution in [3.63, 3.8) is 0 Å². The summed E-state index contributed by atoms with van der Waals surface area (Å²) >= 11 is 0. The molecular formula is C18H21NO. The summed E-state index contributed by atoms with van der Waals surface area (Å²) in [4.78, 5) is 0. The van der Waals surface area contributed by atoms with Gasteiger partial charge in [-0.1, -0.05) is 42.5 Å². The highest BCUT2D eigenvalue weighted by molar-refractivity contribution is 5.29. The van der Waals surface area contributed by atoms with E-state index in [2.05, 4.69) is 47.8 Å². The molecule has 1 N–H and O–H groups in total. The molecule has 2 aromatic carbocycles. The van der Waals surface area contributed by atoms with Gasteiger partial charge in [0.05, 0.1) is 7.11 Å². The summed E-state index contributed by atoms with van der Waals surface area (Å²) in [5.74, 6) is 1.72. The Labute approximate surface area is 120 Å². The second-order valence-electron chi connectivity index (χ2n) is 5.46. The van der Waals surface area contributed by atoms with E-state index in [-0.39, 0.29) is 0 Å². The molecule has 0 heterocycles. The second kappa shape index (κ2) is 6.10. The van der Waals surface area contributed by atoms with Crippen LogP contribution >= 0.6 is 0 Å². The molecule has 1 aliphatic rings. The van der Waals surface area contributed by atoms with E-state index in [4.69, 9.17) is 4.74 Å². The van der Waals surface area contributed by atoms with Gasteiger partial charge in [-0.3, -0.25) is 0 Å². The van der Waals surface area contributed by atoms with Crippen LogP contribution < -0.4 is 10.1 Å². The maximum Gasteiger partial charge on any atom is 0.119 e. The van der Waals surface area contributed by atoms with Crippen molar-refractivity contribution >= 4 is 0 Å². The standard InChI is InChI=1S/C18H21NO/c1-20-17-9-5-6-14(12-17)13-19-18(16-10-11-16)15-7-3-2-4-8-15/h2-9,12,16,18-19H,10-11,13H2,1H3. The largest absolute Gasteiger partial charge is 0.497 e. The van der Waals surface area contributed by atoms with Crippen molar-refractivity contribution in [3.05, 3.63) is 65.7 Å². The maximum absolute atomic E-state index is 5.28. The van der Waals surface area contributed by atoms with Gasteiger partial charge >= 0.3 is 0 Å². The highest BCUT2D eigenvalue weighted by atomic mass is 16.5. The molecule has 2 nitrogen and oxygen atoms in total. The van der Waals surface area contributed by atoms with Gasteiger partial charge in [-0.2, -0.15) is 0 Å². The van der Waals surface area contributed by atoms with E-state index in [1.165, 1.54) is 24.0 Å². The molecule has 2 heteroatoms. The Morgan fingerprint density at radius 3 is 2.60 bits per heavy atom. The zero-order chi connectivity index (χ0) is 13.8. The normalized spacial score (nSPS) is 15.8. The molecule has 104 valence electrons. The lowest BCUT2D eigenvalue weighted by atomic mass is 10.0. The molecule has 1 fully saturated rings. The Bertz CT molecular complexity index is 548. The first kappa shape index (κ1) is 13.2. The van der Waals surface area contributed by atoms with Crippen molar-refractivity contribution in [1.29, 1.82) is 0 Å². The van der Waals surface area contributed by atoms with E-state index in [0.717, 1.165) is 18.2 Å². The van der Waals surface area contributed by atoms with E-state index in [1.807, 2.05) is 12.1 Å². The van der Waals surface area contributed by atoms with Crippen molar-refractivity contribution < 1.29 is 4.74 Å². The van der Waals surface area contributed by atoms with Crippen molar-refractivity contribution in [2.24, 2.45) is 5.92 Å². The van der Waals surface area contributed by atoms with E-state index in [1.54, 1.807) is 7.11 Å².